The number of likely N-dealkylation sites (tertiary alicyclic amines) is 1. The first-order valence-electron chi connectivity index (χ1n) is 10.3. The van der Waals surface area contributed by atoms with Crippen LogP contribution in [0, 0.1) is 12.8 Å². The van der Waals surface area contributed by atoms with Gasteiger partial charge in [-0.3, -0.25) is 9.69 Å². The Bertz CT molecular complexity index is 688. The number of imide groups is 1. The van der Waals surface area contributed by atoms with Crippen molar-refractivity contribution in [2.75, 3.05) is 38.2 Å². The molecule has 3 rings (SSSR count). The highest BCUT2D eigenvalue weighted by Crippen LogP contribution is 2.36. The van der Waals surface area contributed by atoms with Crippen LogP contribution < -0.4 is 5.32 Å². The van der Waals surface area contributed by atoms with Crippen LogP contribution in [0.3, 0.4) is 0 Å². The van der Waals surface area contributed by atoms with E-state index in [0.29, 0.717) is 19.4 Å². The van der Waals surface area contributed by atoms with Crippen molar-refractivity contribution in [1.82, 2.24) is 20.1 Å². The summed E-state index contributed by atoms with van der Waals surface area (Å²) in [5.41, 5.74) is 2.10. The van der Waals surface area contributed by atoms with Gasteiger partial charge in [0, 0.05) is 17.8 Å². The number of urea groups is 1. The average molecular weight is 425 g/mol. The Morgan fingerprint density at radius 3 is 2.68 bits per heavy atom. The molecule has 1 N–H and O–H groups in total. The second-order valence-corrected chi connectivity index (χ2v) is 9.71. The largest absolute Gasteiger partial charge is 0.325 e. The molecule has 0 aromatic carbocycles. The molecule has 2 aliphatic rings. The molecule has 6 nitrogen and oxygen atoms in total. The Balaban J connectivity index is 1.61. The van der Waals surface area contributed by atoms with Crippen LogP contribution in [0.25, 0.3) is 0 Å². The molecule has 0 aliphatic carbocycles. The molecule has 28 heavy (non-hydrogen) atoms. The highest BCUT2D eigenvalue weighted by atomic mass is 32.2. The van der Waals surface area contributed by atoms with Crippen molar-refractivity contribution < 1.29 is 9.59 Å². The minimum atomic E-state index is -0.717. The lowest BCUT2D eigenvalue weighted by molar-refractivity contribution is -0.134. The number of piperidine rings is 1. The van der Waals surface area contributed by atoms with Gasteiger partial charge in [-0.05, 0) is 70.2 Å². The van der Waals surface area contributed by atoms with Gasteiger partial charge in [-0.2, -0.15) is 11.8 Å². The first-order valence-corrected chi connectivity index (χ1v) is 12.5. The maximum absolute atomic E-state index is 13.3. The van der Waals surface area contributed by atoms with E-state index in [1.54, 1.807) is 11.3 Å². The molecule has 0 saturated carbocycles. The Morgan fingerprint density at radius 2 is 2.07 bits per heavy atom. The lowest BCUT2D eigenvalue weighted by Crippen LogP contribution is -2.55. The van der Waals surface area contributed by atoms with Crippen LogP contribution in [0.15, 0.2) is 5.51 Å². The fraction of sp³-hybridized carbons (Fsp3) is 0.750. The summed E-state index contributed by atoms with van der Waals surface area (Å²) in [5.74, 6) is 1.39. The molecular formula is C20H32N4O2S2. The lowest BCUT2D eigenvalue weighted by atomic mass is 9.75. The molecule has 0 bridgehead atoms. The number of amides is 3. The van der Waals surface area contributed by atoms with Gasteiger partial charge < -0.3 is 10.2 Å². The number of nitrogens with one attached hydrogen (secondary N) is 1. The van der Waals surface area contributed by atoms with E-state index < -0.39 is 5.54 Å². The molecule has 1 unspecified atom stereocenters. The van der Waals surface area contributed by atoms with Gasteiger partial charge in [-0.25, -0.2) is 9.78 Å². The highest BCUT2D eigenvalue weighted by molar-refractivity contribution is 7.98. The number of hydrogen-bond acceptors (Lipinski definition) is 6. The van der Waals surface area contributed by atoms with Crippen LogP contribution in [0.5, 0.6) is 0 Å². The summed E-state index contributed by atoms with van der Waals surface area (Å²) in [6.45, 7) is 7.60. The summed E-state index contributed by atoms with van der Waals surface area (Å²) in [7, 11) is 0. The van der Waals surface area contributed by atoms with Gasteiger partial charge in [0.05, 0.1) is 11.2 Å². The fourth-order valence-corrected chi connectivity index (χ4v) is 5.70. The Labute approximate surface area is 176 Å². The van der Waals surface area contributed by atoms with E-state index in [1.807, 2.05) is 31.1 Å². The predicted molar refractivity (Wildman–Crippen MR) is 116 cm³/mol. The zero-order valence-electron chi connectivity index (χ0n) is 17.2. The van der Waals surface area contributed by atoms with Gasteiger partial charge >= 0.3 is 6.03 Å². The van der Waals surface area contributed by atoms with E-state index in [9.17, 15) is 9.59 Å². The maximum Gasteiger partial charge on any atom is 0.325 e. The number of aromatic nitrogens is 1. The molecule has 2 saturated heterocycles. The molecule has 2 fully saturated rings. The van der Waals surface area contributed by atoms with Gasteiger partial charge in [0.25, 0.3) is 5.91 Å². The van der Waals surface area contributed by atoms with Crippen molar-refractivity contribution in [3.63, 3.8) is 0 Å². The number of carbonyl (C=O) groups excluding carboxylic acids is 2. The molecule has 3 heterocycles. The summed E-state index contributed by atoms with van der Waals surface area (Å²) in [5, 5.41) is 3.10. The smallest absolute Gasteiger partial charge is 0.323 e. The monoisotopic (exact) mass is 424 g/mol. The molecule has 0 spiro atoms. The minimum Gasteiger partial charge on any atom is -0.323 e. The van der Waals surface area contributed by atoms with Crippen LogP contribution in [0.1, 0.15) is 43.2 Å². The van der Waals surface area contributed by atoms with E-state index in [-0.39, 0.29) is 17.9 Å². The summed E-state index contributed by atoms with van der Waals surface area (Å²) in [6.07, 6.45) is 6.65. The van der Waals surface area contributed by atoms with E-state index in [4.69, 9.17) is 0 Å². The summed E-state index contributed by atoms with van der Waals surface area (Å²) >= 11 is 3.48. The Morgan fingerprint density at radius 1 is 1.32 bits per heavy atom. The summed E-state index contributed by atoms with van der Waals surface area (Å²) < 4.78 is 0. The molecule has 3 amide bonds. The van der Waals surface area contributed by atoms with Crippen LogP contribution in [0.4, 0.5) is 4.79 Å². The highest BCUT2D eigenvalue weighted by Gasteiger charge is 2.54. The van der Waals surface area contributed by atoms with Gasteiger partial charge in [-0.15, -0.1) is 11.3 Å². The van der Waals surface area contributed by atoms with Gasteiger partial charge in [0.1, 0.15) is 5.54 Å². The van der Waals surface area contributed by atoms with E-state index >= 15 is 0 Å². The number of carbonyl (C=O) groups is 2. The van der Waals surface area contributed by atoms with Crippen LogP contribution in [-0.4, -0.2) is 70.4 Å². The zero-order chi connectivity index (χ0) is 20.1. The number of nitrogens with zero attached hydrogens (tertiary/aromatic N) is 3. The van der Waals surface area contributed by atoms with E-state index in [2.05, 4.69) is 21.5 Å². The first-order chi connectivity index (χ1) is 13.5. The molecule has 1 aromatic rings. The van der Waals surface area contributed by atoms with Crippen molar-refractivity contribution in [2.24, 2.45) is 5.92 Å². The molecule has 156 valence electrons. The number of aryl methyl sites for hydroxylation is 1. The third-order valence-corrected chi connectivity index (χ3v) is 7.97. The van der Waals surface area contributed by atoms with Crippen LogP contribution >= 0.6 is 23.1 Å². The topological polar surface area (TPSA) is 65.5 Å². The van der Waals surface area contributed by atoms with Crippen molar-refractivity contribution in [1.29, 1.82) is 0 Å². The Hall–Kier alpha value is -1.12. The molecule has 1 aromatic heterocycles. The maximum atomic E-state index is 13.3. The third kappa shape index (κ3) is 4.39. The van der Waals surface area contributed by atoms with Crippen molar-refractivity contribution in [3.05, 3.63) is 16.1 Å². The molecule has 8 heteroatoms. The van der Waals surface area contributed by atoms with Crippen molar-refractivity contribution in [2.45, 2.75) is 51.5 Å². The molecule has 0 radical (unpaired) electrons. The number of thioether (sulfide) groups is 1. The molecular weight excluding hydrogens is 392 g/mol. The lowest BCUT2D eigenvalue weighted by Gasteiger charge is -2.40. The molecule has 1 atom stereocenters. The van der Waals surface area contributed by atoms with Gasteiger partial charge in [0.15, 0.2) is 0 Å². The molecule has 2 aliphatic heterocycles. The third-order valence-electron chi connectivity index (χ3n) is 6.27. The van der Waals surface area contributed by atoms with Crippen molar-refractivity contribution >= 4 is 35.0 Å². The predicted octanol–water partition coefficient (Wildman–Crippen LogP) is 3.16. The second-order valence-electron chi connectivity index (χ2n) is 7.79. The van der Waals surface area contributed by atoms with E-state index in [0.717, 1.165) is 43.0 Å². The van der Waals surface area contributed by atoms with Crippen molar-refractivity contribution in [3.8, 4) is 0 Å². The number of thiazole rings is 1. The number of rotatable bonds is 9. The fourth-order valence-electron chi connectivity index (χ4n) is 4.51. The van der Waals surface area contributed by atoms with Crippen LogP contribution in [-0.2, 0) is 11.2 Å². The number of hydrogen-bond donors (Lipinski definition) is 1. The quantitative estimate of drug-likeness (QED) is 0.487. The standard InChI is InChI=1S/C20H32N4O2S2/c1-4-20(16-6-10-23(11-7-16)9-5-13-27-3)18(25)24(19(26)22-20)12-8-17-15(2)21-14-28-17/h14,16H,4-13H2,1-3H3,(H,22,26). The minimum absolute atomic E-state index is 0.0250. The summed E-state index contributed by atoms with van der Waals surface area (Å²) in [4.78, 5) is 35.3. The zero-order valence-corrected chi connectivity index (χ0v) is 18.8. The second kappa shape index (κ2) is 9.59. The van der Waals surface area contributed by atoms with Crippen LogP contribution in [0.2, 0.25) is 0 Å². The van der Waals surface area contributed by atoms with Gasteiger partial charge in [-0.1, -0.05) is 6.92 Å². The summed E-state index contributed by atoms with van der Waals surface area (Å²) in [6, 6.07) is -0.226. The van der Waals surface area contributed by atoms with Gasteiger partial charge in [0.2, 0.25) is 0 Å². The average Bonchev–Trinajstić information content (AvgIpc) is 3.22. The normalized spacial score (nSPS) is 24.2. The first kappa shape index (κ1) is 21.6. The Kier molecular flexibility index (Phi) is 7.39. The van der Waals surface area contributed by atoms with E-state index in [1.165, 1.54) is 17.1 Å². The SMILES string of the molecule is CCC1(C2CCN(CCCSC)CC2)NC(=O)N(CCc2scnc2C)C1=O.